The Morgan fingerprint density at radius 3 is 2.68 bits per heavy atom. The maximum absolute atomic E-state index is 13.3. The molecule has 28 heavy (non-hydrogen) atoms. The van der Waals surface area contributed by atoms with Crippen LogP contribution < -0.4 is 16.0 Å². The summed E-state index contributed by atoms with van der Waals surface area (Å²) in [5.41, 5.74) is 8.79. The predicted octanol–water partition coefficient (Wildman–Crippen LogP) is 3.64. The summed E-state index contributed by atoms with van der Waals surface area (Å²) < 4.78 is 18.8. The first-order chi connectivity index (χ1) is 13.5. The largest absolute Gasteiger partial charge is 0.378 e. The minimum Gasteiger partial charge on any atom is -0.378 e. The second-order valence-electron chi connectivity index (χ2n) is 6.75. The van der Waals surface area contributed by atoms with E-state index in [2.05, 4.69) is 32.5 Å². The third kappa shape index (κ3) is 3.73. The highest BCUT2D eigenvalue weighted by atomic mass is 35.5. The zero-order chi connectivity index (χ0) is 19.7. The van der Waals surface area contributed by atoms with Crippen LogP contribution in [0.3, 0.4) is 0 Å². The van der Waals surface area contributed by atoms with E-state index < -0.39 is 12.0 Å². The van der Waals surface area contributed by atoms with Gasteiger partial charge in [0, 0.05) is 35.1 Å². The monoisotopic (exact) mass is 401 g/mol. The molecule has 1 atom stereocenters. The molecule has 6 nitrogen and oxygen atoms in total. The van der Waals surface area contributed by atoms with Gasteiger partial charge in [-0.15, -0.1) is 5.10 Å². The zero-order valence-corrected chi connectivity index (χ0v) is 16.2. The number of halogens is 2. The van der Waals surface area contributed by atoms with Crippen LogP contribution in [0.2, 0.25) is 5.02 Å². The quantitative estimate of drug-likeness (QED) is 0.650. The highest BCUT2D eigenvalue weighted by Gasteiger charge is 2.17. The summed E-state index contributed by atoms with van der Waals surface area (Å²) in [7, 11) is 0. The molecular formula is C20H21ClFN5O. The highest BCUT2D eigenvalue weighted by molar-refractivity contribution is 6.31. The number of hydrogen-bond acceptors (Lipinski definition) is 6. The van der Waals surface area contributed by atoms with Crippen LogP contribution in [0.15, 0.2) is 36.4 Å². The Labute approximate surface area is 167 Å². The van der Waals surface area contributed by atoms with Crippen LogP contribution >= 0.6 is 11.6 Å². The van der Waals surface area contributed by atoms with E-state index >= 15 is 0 Å². The van der Waals surface area contributed by atoms with Gasteiger partial charge in [0.1, 0.15) is 12.0 Å². The van der Waals surface area contributed by atoms with Crippen LogP contribution in [0.1, 0.15) is 17.4 Å². The third-order valence-corrected chi connectivity index (χ3v) is 5.24. The number of aryl methyl sites for hydroxylation is 1. The van der Waals surface area contributed by atoms with E-state index in [1.54, 1.807) is 6.07 Å². The number of fused-ring (bicyclic) bond motifs is 1. The molecule has 8 heteroatoms. The van der Waals surface area contributed by atoms with Crippen LogP contribution in [0.5, 0.6) is 0 Å². The topological polar surface area (TPSA) is 76.3 Å². The Morgan fingerprint density at radius 1 is 1.14 bits per heavy atom. The van der Waals surface area contributed by atoms with Crippen molar-refractivity contribution in [1.82, 2.24) is 10.2 Å². The van der Waals surface area contributed by atoms with Gasteiger partial charge in [0.2, 0.25) is 0 Å². The lowest BCUT2D eigenvalue weighted by Crippen LogP contribution is -2.36. The first-order valence-electron chi connectivity index (χ1n) is 9.10. The summed E-state index contributed by atoms with van der Waals surface area (Å²) in [5.74, 6) is 0.153. The van der Waals surface area contributed by atoms with Gasteiger partial charge in [-0.1, -0.05) is 23.7 Å². The molecule has 0 aliphatic carbocycles. The molecule has 0 saturated carbocycles. The number of nitrogens with one attached hydrogen (secondary N) is 1. The SMILES string of the molecule is Cc1nnc(N[C@H](N)c2ccc(F)cc2Cl)c2cc(N3CCOCC3)ccc12. The second-order valence-corrected chi connectivity index (χ2v) is 7.16. The molecule has 3 N–H and O–H groups in total. The maximum Gasteiger partial charge on any atom is 0.158 e. The molecule has 146 valence electrons. The minimum atomic E-state index is -0.652. The number of benzene rings is 2. The molecule has 2 aromatic carbocycles. The summed E-state index contributed by atoms with van der Waals surface area (Å²) in [4.78, 5) is 2.28. The molecule has 1 fully saturated rings. The van der Waals surface area contributed by atoms with Crippen LogP contribution in [0.4, 0.5) is 15.9 Å². The second kappa shape index (κ2) is 7.87. The normalized spacial score (nSPS) is 15.6. The molecule has 0 radical (unpaired) electrons. The van der Waals surface area contributed by atoms with Crippen molar-refractivity contribution in [3.05, 3.63) is 58.5 Å². The fourth-order valence-electron chi connectivity index (χ4n) is 3.38. The van der Waals surface area contributed by atoms with Gasteiger partial charge in [0.15, 0.2) is 5.82 Å². The van der Waals surface area contributed by atoms with Gasteiger partial charge >= 0.3 is 0 Å². The van der Waals surface area contributed by atoms with E-state index in [1.807, 2.05) is 13.0 Å². The lowest BCUT2D eigenvalue weighted by Gasteiger charge is -2.29. The van der Waals surface area contributed by atoms with Gasteiger partial charge in [-0.25, -0.2) is 4.39 Å². The molecular weight excluding hydrogens is 381 g/mol. The maximum atomic E-state index is 13.3. The van der Waals surface area contributed by atoms with Gasteiger partial charge in [0.05, 0.1) is 23.9 Å². The number of anilines is 2. The minimum absolute atomic E-state index is 0.262. The van der Waals surface area contributed by atoms with Crippen LogP contribution in [-0.4, -0.2) is 36.5 Å². The van der Waals surface area contributed by atoms with Crippen molar-refractivity contribution in [2.45, 2.75) is 13.1 Å². The van der Waals surface area contributed by atoms with Crippen molar-refractivity contribution in [2.75, 3.05) is 36.5 Å². The Balaban J connectivity index is 1.70. The van der Waals surface area contributed by atoms with Crippen molar-refractivity contribution < 1.29 is 9.13 Å². The van der Waals surface area contributed by atoms with E-state index in [9.17, 15) is 4.39 Å². The van der Waals surface area contributed by atoms with Crippen molar-refractivity contribution >= 4 is 33.9 Å². The molecule has 1 aromatic heterocycles. The lowest BCUT2D eigenvalue weighted by molar-refractivity contribution is 0.122. The Morgan fingerprint density at radius 2 is 1.93 bits per heavy atom. The molecule has 2 heterocycles. The van der Waals surface area contributed by atoms with Crippen LogP contribution in [-0.2, 0) is 4.74 Å². The molecule has 1 aliphatic rings. The third-order valence-electron chi connectivity index (χ3n) is 4.91. The van der Waals surface area contributed by atoms with E-state index in [-0.39, 0.29) is 5.02 Å². The van der Waals surface area contributed by atoms with Crippen molar-refractivity contribution in [1.29, 1.82) is 0 Å². The fourth-order valence-corrected chi connectivity index (χ4v) is 3.66. The van der Waals surface area contributed by atoms with Crippen molar-refractivity contribution in [3.63, 3.8) is 0 Å². The van der Waals surface area contributed by atoms with Gasteiger partial charge in [-0.2, -0.15) is 5.10 Å². The molecule has 0 unspecified atom stereocenters. The first kappa shape index (κ1) is 18.9. The molecule has 0 spiro atoms. The number of ether oxygens (including phenoxy) is 1. The lowest BCUT2D eigenvalue weighted by atomic mass is 10.1. The number of nitrogens with two attached hydrogens (primary N) is 1. The Bertz CT molecular complexity index is 1010. The number of hydrogen-bond donors (Lipinski definition) is 2. The van der Waals surface area contributed by atoms with Crippen molar-refractivity contribution in [2.24, 2.45) is 5.73 Å². The van der Waals surface area contributed by atoms with Crippen LogP contribution in [0, 0.1) is 12.7 Å². The summed E-state index contributed by atoms with van der Waals surface area (Å²) in [6, 6.07) is 10.4. The first-order valence-corrected chi connectivity index (χ1v) is 9.47. The molecule has 0 bridgehead atoms. The standard InChI is InChI=1S/C20H21ClFN5O/c1-12-15-5-3-14(27-6-8-28-9-7-27)11-17(15)20(26-25-12)24-19(23)16-4-2-13(22)10-18(16)21/h2-5,10-11,19H,6-9,23H2,1H3,(H,24,26)/t19-/m0/s1. The summed E-state index contributed by atoms with van der Waals surface area (Å²) in [6.07, 6.45) is -0.652. The van der Waals surface area contributed by atoms with E-state index in [4.69, 9.17) is 22.1 Å². The molecule has 0 amide bonds. The van der Waals surface area contributed by atoms with Crippen molar-refractivity contribution in [3.8, 4) is 0 Å². The van der Waals surface area contributed by atoms with Gasteiger partial charge in [-0.3, -0.25) is 0 Å². The summed E-state index contributed by atoms with van der Waals surface area (Å²) in [5, 5.41) is 13.9. The molecule has 1 saturated heterocycles. The highest BCUT2D eigenvalue weighted by Crippen LogP contribution is 2.30. The summed E-state index contributed by atoms with van der Waals surface area (Å²) >= 11 is 6.15. The smallest absolute Gasteiger partial charge is 0.158 e. The average Bonchev–Trinajstić information content (AvgIpc) is 2.70. The van der Waals surface area contributed by atoms with Gasteiger partial charge in [-0.05, 0) is 31.2 Å². The summed E-state index contributed by atoms with van der Waals surface area (Å²) in [6.45, 7) is 5.03. The zero-order valence-electron chi connectivity index (χ0n) is 15.5. The Kier molecular flexibility index (Phi) is 5.30. The number of nitrogens with zero attached hydrogens (tertiary/aromatic N) is 3. The van der Waals surface area contributed by atoms with Gasteiger partial charge < -0.3 is 20.7 Å². The fraction of sp³-hybridized carbons (Fsp3) is 0.300. The molecule has 1 aliphatic heterocycles. The van der Waals surface area contributed by atoms with Crippen LogP contribution in [0.25, 0.3) is 10.8 Å². The predicted molar refractivity (Wildman–Crippen MR) is 109 cm³/mol. The number of rotatable bonds is 4. The van der Waals surface area contributed by atoms with E-state index in [0.29, 0.717) is 24.6 Å². The Hall–Kier alpha value is -2.48. The molecule has 4 rings (SSSR count). The van der Waals surface area contributed by atoms with Gasteiger partial charge in [0.25, 0.3) is 0 Å². The van der Waals surface area contributed by atoms with E-state index in [1.165, 1.54) is 12.1 Å². The number of aromatic nitrogens is 2. The van der Waals surface area contributed by atoms with E-state index in [0.717, 1.165) is 35.2 Å². The number of morpholine rings is 1. The average molecular weight is 402 g/mol. The molecule has 3 aromatic rings.